The third-order valence-electron chi connectivity index (χ3n) is 5.74. The average Bonchev–Trinajstić information content (AvgIpc) is 2.74. The molecule has 2 nitrogen and oxygen atoms in total. The minimum absolute atomic E-state index is 0.217. The number of ether oxygens (including phenoxy) is 1. The first-order valence-corrected chi connectivity index (χ1v) is 10.4. The summed E-state index contributed by atoms with van der Waals surface area (Å²) in [6, 6.07) is 11.0. The van der Waals surface area contributed by atoms with Gasteiger partial charge in [-0.05, 0) is 80.2 Å². The number of halogens is 3. The first-order chi connectivity index (χ1) is 14.4. The Kier molecular flexibility index (Phi) is 7.20. The van der Waals surface area contributed by atoms with Crippen LogP contribution in [0.5, 0.6) is 5.75 Å². The third kappa shape index (κ3) is 5.44. The van der Waals surface area contributed by atoms with E-state index in [0.29, 0.717) is 11.8 Å². The Balaban J connectivity index is 1.61. The number of allylic oxidation sites excluding steroid dienone is 2. The molecule has 0 aliphatic heterocycles. The Morgan fingerprint density at radius 1 is 1.07 bits per heavy atom. The van der Waals surface area contributed by atoms with E-state index in [-0.39, 0.29) is 16.9 Å². The highest BCUT2D eigenvalue weighted by molar-refractivity contribution is 5.37. The van der Waals surface area contributed by atoms with Crippen LogP contribution >= 0.6 is 0 Å². The van der Waals surface area contributed by atoms with Gasteiger partial charge in [-0.3, -0.25) is 0 Å². The molecule has 0 amide bonds. The van der Waals surface area contributed by atoms with E-state index in [4.69, 9.17) is 10.00 Å². The van der Waals surface area contributed by atoms with E-state index in [1.54, 1.807) is 18.2 Å². The smallest absolute Gasteiger partial charge is 0.426 e. The van der Waals surface area contributed by atoms with Gasteiger partial charge < -0.3 is 4.74 Å². The Bertz CT molecular complexity index is 907. The van der Waals surface area contributed by atoms with E-state index >= 15 is 0 Å². The fourth-order valence-electron chi connectivity index (χ4n) is 3.99. The monoisotopic (exact) mass is 413 g/mol. The van der Waals surface area contributed by atoms with Crippen LogP contribution in [-0.4, -0.2) is 0 Å². The molecule has 0 aromatic heterocycles. The second-order valence-corrected chi connectivity index (χ2v) is 7.83. The van der Waals surface area contributed by atoms with Crippen LogP contribution in [0, 0.1) is 23.1 Å². The van der Waals surface area contributed by atoms with Crippen molar-refractivity contribution in [1.82, 2.24) is 0 Å². The number of rotatable bonds is 7. The topological polar surface area (TPSA) is 33.0 Å². The van der Waals surface area contributed by atoms with E-state index in [1.807, 2.05) is 0 Å². The van der Waals surface area contributed by atoms with Gasteiger partial charge in [0.2, 0.25) is 0 Å². The van der Waals surface area contributed by atoms with Crippen LogP contribution in [0.4, 0.5) is 13.2 Å². The average molecular weight is 413 g/mol. The van der Waals surface area contributed by atoms with Crippen molar-refractivity contribution >= 4 is 0 Å². The normalized spacial score (nSPS) is 19.6. The molecule has 2 aromatic rings. The van der Waals surface area contributed by atoms with Gasteiger partial charge in [-0.25, -0.2) is 4.39 Å². The van der Waals surface area contributed by atoms with Crippen molar-refractivity contribution < 1.29 is 17.9 Å². The number of hydrogen-bond donors (Lipinski definition) is 0. The molecule has 0 spiro atoms. The first kappa shape index (κ1) is 22.0. The summed E-state index contributed by atoms with van der Waals surface area (Å²) in [6.45, 7) is 2.13. The zero-order chi connectivity index (χ0) is 21.6. The van der Waals surface area contributed by atoms with Gasteiger partial charge >= 0.3 is 6.11 Å². The number of alkyl halides is 2. The highest BCUT2D eigenvalue weighted by Crippen LogP contribution is 2.38. The number of benzene rings is 2. The van der Waals surface area contributed by atoms with E-state index in [0.717, 1.165) is 62.3 Å². The van der Waals surface area contributed by atoms with Crippen LogP contribution in [-0.2, 0) is 6.11 Å². The summed E-state index contributed by atoms with van der Waals surface area (Å²) in [4.78, 5) is 0. The van der Waals surface area contributed by atoms with Crippen molar-refractivity contribution in [3.05, 3.63) is 77.1 Å². The predicted molar refractivity (Wildman–Crippen MR) is 111 cm³/mol. The number of nitriles is 1. The van der Waals surface area contributed by atoms with Crippen LogP contribution in [0.1, 0.15) is 68.1 Å². The Labute approximate surface area is 176 Å². The predicted octanol–water partition coefficient (Wildman–Crippen LogP) is 7.46. The van der Waals surface area contributed by atoms with E-state index < -0.39 is 11.9 Å². The molecule has 2 aromatic carbocycles. The SMILES string of the molecule is CCC=CCC1CCC(c2ccc(C(F)(F)Oc3ccc(C#N)c(F)c3)cc2)CC1. The maximum Gasteiger partial charge on any atom is 0.426 e. The van der Waals surface area contributed by atoms with Crippen molar-refractivity contribution in [2.75, 3.05) is 0 Å². The Hall–Kier alpha value is -2.74. The highest BCUT2D eigenvalue weighted by atomic mass is 19.3. The van der Waals surface area contributed by atoms with Gasteiger partial charge in [0.25, 0.3) is 0 Å². The molecule has 30 heavy (non-hydrogen) atoms. The summed E-state index contributed by atoms with van der Waals surface area (Å²) in [5, 5.41) is 8.73. The van der Waals surface area contributed by atoms with E-state index in [1.165, 1.54) is 12.1 Å². The molecular formula is C25H26F3NO. The molecule has 1 fully saturated rings. The molecule has 1 saturated carbocycles. The highest BCUT2D eigenvalue weighted by Gasteiger charge is 2.35. The molecule has 0 N–H and O–H groups in total. The van der Waals surface area contributed by atoms with Crippen LogP contribution in [0.3, 0.4) is 0 Å². The second kappa shape index (κ2) is 9.84. The molecule has 0 bridgehead atoms. The van der Waals surface area contributed by atoms with Crippen LogP contribution in [0.2, 0.25) is 0 Å². The van der Waals surface area contributed by atoms with Crippen molar-refractivity contribution in [3.63, 3.8) is 0 Å². The summed E-state index contributed by atoms with van der Waals surface area (Å²) in [7, 11) is 0. The zero-order valence-electron chi connectivity index (χ0n) is 17.1. The molecule has 0 radical (unpaired) electrons. The largest absolute Gasteiger partial charge is 0.429 e. The fraction of sp³-hybridized carbons (Fsp3) is 0.400. The molecule has 5 heteroatoms. The molecule has 1 aliphatic rings. The lowest BCUT2D eigenvalue weighted by Crippen LogP contribution is -2.22. The molecule has 0 atom stereocenters. The second-order valence-electron chi connectivity index (χ2n) is 7.83. The molecule has 3 rings (SSSR count). The van der Waals surface area contributed by atoms with Gasteiger partial charge in [0.05, 0.1) is 11.1 Å². The van der Waals surface area contributed by atoms with E-state index in [2.05, 4.69) is 19.1 Å². The number of hydrogen-bond acceptors (Lipinski definition) is 2. The lowest BCUT2D eigenvalue weighted by atomic mass is 9.77. The quantitative estimate of drug-likeness (QED) is 0.442. The zero-order valence-corrected chi connectivity index (χ0v) is 17.1. The van der Waals surface area contributed by atoms with Gasteiger partial charge in [-0.2, -0.15) is 14.0 Å². The van der Waals surface area contributed by atoms with Crippen LogP contribution in [0.15, 0.2) is 54.6 Å². The van der Waals surface area contributed by atoms with Gasteiger partial charge in [-0.15, -0.1) is 0 Å². The third-order valence-corrected chi connectivity index (χ3v) is 5.74. The minimum atomic E-state index is -3.59. The molecule has 0 heterocycles. The summed E-state index contributed by atoms with van der Waals surface area (Å²) < 4.78 is 47.4. The van der Waals surface area contributed by atoms with Gasteiger partial charge in [-0.1, -0.05) is 31.2 Å². The fourth-order valence-corrected chi connectivity index (χ4v) is 3.99. The Morgan fingerprint density at radius 2 is 1.77 bits per heavy atom. The van der Waals surface area contributed by atoms with Gasteiger partial charge in [0.1, 0.15) is 17.6 Å². The molecule has 0 saturated heterocycles. The maximum atomic E-state index is 14.5. The van der Waals surface area contributed by atoms with Crippen molar-refractivity contribution in [2.24, 2.45) is 5.92 Å². The summed E-state index contributed by atoms with van der Waals surface area (Å²) in [5.74, 6) is -0.0977. The van der Waals surface area contributed by atoms with Crippen LogP contribution in [0.25, 0.3) is 0 Å². The number of nitrogens with zero attached hydrogens (tertiary/aromatic N) is 1. The summed E-state index contributed by atoms with van der Waals surface area (Å²) in [5.41, 5.74) is 0.571. The molecule has 158 valence electrons. The Morgan fingerprint density at radius 3 is 2.37 bits per heavy atom. The lowest BCUT2D eigenvalue weighted by Gasteiger charge is -2.28. The maximum absolute atomic E-state index is 14.5. The van der Waals surface area contributed by atoms with Gasteiger partial charge in [0.15, 0.2) is 0 Å². The summed E-state index contributed by atoms with van der Waals surface area (Å²) in [6.07, 6.45) is 7.52. The molecule has 0 unspecified atom stereocenters. The lowest BCUT2D eigenvalue weighted by molar-refractivity contribution is -0.185. The van der Waals surface area contributed by atoms with Crippen LogP contribution < -0.4 is 4.74 Å². The molecular weight excluding hydrogens is 387 g/mol. The van der Waals surface area contributed by atoms with Crippen molar-refractivity contribution in [1.29, 1.82) is 5.26 Å². The van der Waals surface area contributed by atoms with Gasteiger partial charge in [0, 0.05) is 6.07 Å². The summed E-state index contributed by atoms with van der Waals surface area (Å²) >= 11 is 0. The van der Waals surface area contributed by atoms with Crippen molar-refractivity contribution in [2.45, 2.75) is 57.5 Å². The van der Waals surface area contributed by atoms with E-state index in [9.17, 15) is 13.2 Å². The standard InChI is InChI=1S/C25H26F3NO/c1-2-3-4-5-18-6-8-19(9-7-18)20-10-13-22(14-11-20)25(27,28)30-23-15-12-21(17-29)24(26)16-23/h3-4,10-16,18-19H,2,5-9H2,1H3. The first-order valence-electron chi connectivity index (χ1n) is 10.4. The van der Waals surface area contributed by atoms with Crippen molar-refractivity contribution in [3.8, 4) is 11.8 Å². The minimum Gasteiger partial charge on any atom is -0.429 e. The molecule has 1 aliphatic carbocycles.